The van der Waals surface area contributed by atoms with Gasteiger partial charge in [-0.25, -0.2) is 0 Å². The molecule has 1 aromatic carbocycles. The van der Waals surface area contributed by atoms with Crippen molar-refractivity contribution in [3.8, 4) is 0 Å². The Morgan fingerprint density at radius 3 is 2.43 bits per heavy atom. The molecule has 0 saturated heterocycles. The summed E-state index contributed by atoms with van der Waals surface area (Å²) in [7, 11) is 0. The summed E-state index contributed by atoms with van der Waals surface area (Å²) in [6.45, 7) is 3.12. The van der Waals surface area contributed by atoms with Crippen LogP contribution >= 0.6 is 0 Å². The maximum atomic E-state index is 5.78. The van der Waals surface area contributed by atoms with E-state index >= 15 is 0 Å². The minimum atomic E-state index is 0.532. The maximum absolute atomic E-state index is 5.78. The van der Waals surface area contributed by atoms with Gasteiger partial charge in [-0.3, -0.25) is 0 Å². The highest BCUT2D eigenvalue weighted by molar-refractivity contribution is 5.43. The van der Waals surface area contributed by atoms with Crippen molar-refractivity contribution in [2.75, 3.05) is 6.54 Å². The highest BCUT2D eigenvalue weighted by atomic mass is 14.8. The fourth-order valence-electron chi connectivity index (χ4n) is 3.67. The van der Waals surface area contributed by atoms with E-state index in [1.165, 1.54) is 24.8 Å². The summed E-state index contributed by atoms with van der Waals surface area (Å²) in [5.41, 5.74) is 9.89. The van der Waals surface area contributed by atoms with Crippen LogP contribution in [-0.2, 0) is 5.41 Å². The topological polar surface area (TPSA) is 26.0 Å². The summed E-state index contributed by atoms with van der Waals surface area (Å²) in [5, 5.41) is 0. The van der Waals surface area contributed by atoms with Crippen LogP contribution in [0.2, 0.25) is 0 Å². The van der Waals surface area contributed by atoms with E-state index in [0.29, 0.717) is 10.8 Å². The van der Waals surface area contributed by atoms with Gasteiger partial charge in [0.05, 0.1) is 0 Å². The Hall–Kier alpha value is -0.820. The molecule has 14 heavy (non-hydrogen) atoms. The molecule has 3 aliphatic rings. The Morgan fingerprint density at radius 2 is 1.86 bits per heavy atom. The molecule has 0 atom stereocenters. The lowest BCUT2D eigenvalue weighted by Crippen LogP contribution is -2.67. The van der Waals surface area contributed by atoms with Gasteiger partial charge in [-0.15, -0.1) is 0 Å². The summed E-state index contributed by atoms with van der Waals surface area (Å²) >= 11 is 0. The number of hydrogen-bond acceptors (Lipinski definition) is 1. The molecule has 0 heterocycles. The highest BCUT2D eigenvalue weighted by Crippen LogP contribution is 2.73. The zero-order valence-corrected chi connectivity index (χ0v) is 8.72. The third-order valence-corrected chi connectivity index (χ3v) is 4.29. The van der Waals surface area contributed by atoms with Crippen LogP contribution < -0.4 is 5.73 Å². The molecular formula is C13H17N. The van der Waals surface area contributed by atoms with Crippen molar-refractivity contribution < 1.29 is 0 Å². The van der Waals surface area contributed by atoms with E-state index in [1.54, 1.807) is 5.56 Å². The molecule has 0 amide bonds. The smallest absolute Gasteiger partial charge is 0.00196 e. The minimum Gasteiger partial charge on any atom is -0.330 e. The first-order chi connectivity index (χ1) is 6.70. The van der Waals surface area contributed by atoms with E-state index in [9.17, 15) is 0 Å². The zero-order valence-electron chi connectivity index (χ0n) is 8.72. The normalized spacial score (nSPS) is 38.7. The van der Waals surface area contributed by atoms with E-state index in [4.69, 9.17) is 5.73 Å². The number of aryl methyl sites for hydroxylation is 1. The van der Waals surface area contributed by atoms with Gasteiger partial charge >= 0.3 is 0 Å². The largest absolute Gasteiger partial charge is 0.330 e. The Balaban J connectivity index is 1.91. The molecule has 0 aromatic heterocycles. The SMILES string of the molecule is Cc1ccccc1C12CC(CN)(C1)C2. The van der Waals surface area contributed by atoms with Gasteiger partial charge in [0.15, 0.2) is 0 Å². The van der Waals surface area contributed by atoms with E-state index in [0.717, 1.165) is 6.54 Å². The fourth-order valence-corrected chi connectivity index (χ4v) is 3.67. The van der Waals surface area contributed by atoms with Gasteiger partial charge in [-0.05, 0) is 54.7 Å². The number of nitrogens with two attached hydrogens (primary N) is 1. The molecule has 0 aliphatic heterocycles. The first-order valence-electron chi connectivity index (χ1n) is 5.46. The third-order valence-electron chi connectivity index (χ3n) is 4.29. The van der Waals surface area contributed by atoms with E-state index in [-0.39, 0.29) is 0 Å². The van der Waals surface area contributed by atoms with Crippen LogP contribution in [0.15, 0.2) is 24.3 Å². The molecule has 1 nitrogen and oxygen atoms in total. The summed E-state index contributed by atoms with van der Waals surface area (Å²) in [6.07, 6.45) is 4.00. The molecule has 0 unspecified atom stereocenters. The third kappa shape index (κ3) is 0.838. The molecule has 3 fully saturated rings. The molecular weight excluding hydrogens is 170 g/mol. The average Bonchev–Trinajstić information content (AvgIpc) is 2.04. The van der Waals surface area contributed by atoms with Crippen LogP contribution in [0.3, 0.4) is 0 Å². The van der Waals surface area contributed by atoms with Crippen molar-refractivity contribution in [3.63, 3.8) is 0 Å². The molecule has 0 radical (unpaired) electrons. The molecule has 3 aliphatic carbocycles. The summed E-state index contributed by atoms with van der Waals surface area (Å²) in [6, 6.07) is 8.82. The van der Waals surface area contributed by atoms with Crippen LogP contribution in [0.25, 0.3) is 0 Å². The van der Waals surface area contributed by atoms with Crippen molar-refractivity contribution in [3.05, 3.63) is 35.4 Å². The average molecular weight is 187 g/mol. The Kier molecular flexibility index (Phi) is 1.46. The van der Waals surface area contributed by atoms with Gasteiger partial charge in [0.2, 0.25) is 0 Å². The Labute approximate surface area is 85.3 Å². The molecule has 2 N–H and O–H groups in total. The lowest BCUT2D eigenvalue weighted by atomic mass is 9.33. The van der Waals surface area contributed by atoms with Crippen LogP contribution in [-0.4, -0.2) is 6.54 Å². The van der Waals surface area contributed by atoms with Crippen molar-refractivity contribution in [1.82, 2.24) is 0 Å². The fraction of sp³-hybridized carbons (Fsp3) is 0.538. The van der Waals surface area contributed by atoms with Crippen LogP contribution in [0.4, 0.5) is 0 Å². The molecule has 4 rings (SSSR count). The second kappa shape index (κ2) is 2.40. The Bertz CT molecular complexity index is 361. The van der Waals surface area contributed by atoms with E-state index < -0.39 is 0 Å². The number of hydrogen-bond donors (Lipinski definition) is 1. The van der Waals surface area contributed by atoms with E-state index in [2.05, 4.69) is 31.2 Å². The van der Waals surface area contributed by atoms with Gasteiger partial charge in [0.25, 0.3) is 0 Å². The molecule has 1 aromatic rings. The first kappa shape index (κ1) is 8.49. The monoisotopic (exact) mass is 187 g/mol. The van der Waals surface area contributed by atoms with Gasteiger partial charge < -0.3 is 5.73 Å². The van der Waals surface area contributed by atoms with Crippen molar-refractivity contribution >= 4 is 0 Å². The number of benzene rings is 1. The first-order valence-corrected chi connectivity index (χ1v) is 5.46. The number of rotatable bonds is 2. The van der Waals surface area contributed by atoms with Crippen LogP contribution in [0, 0.1) is 12.3 Å². The maximum Gasteiger partial charge on any atom is -0.00196 e. The summed E-state index contributed by atoms with van der Waals surface area (Å²) in [4.78, 5) is 0. The lowest BCUT2D eigenvalue weighted by molar-refractivity contribution is -0.133. The zero-order chi connectivity index (χ0) is 9.81. The quantitative estimate of drug-likeness (QED) is 0.755. The van der Waals surface area contributed by atoms with Crippen LogP contribution in [0.5, 0.6) is 0 Å². The summed E-state index contributed by atoms with van der Waals surface area (Å²) in [5.74, 6) is 0. The van der Waals surface area contributed by atoms with Crippen molar-refractivity contribution in [1.29, 1.82) is 0 Å². The van der Waals surface area contributed by atoms with Gasteiger partial charge in [-0.1, -0.05) is 24.3 Å². The highest BCUT2D eigenvalue weighted by Gasteiger charge is 2.67. The van der Waals surface area contributed by atoms with Crippen molar-refractivity contribution in [2.45, 2.75) is 31.6 Å². The Morgan fingerprint density at radius 1 is 1.21 bits per heavy atom. The van der Waals surface area contributed by atoms with Gasteiger partial charge in [-0.2, -0.15) is 0 Å². The van der Waals surface area contributed by atoms with E-state index in [1.807, 2.05) is 0 Å². The molecule has 2 bridgehead atoms. The predicted octanol–water partition coefficient (Wildman–Crippen LogP) is 2.38. The molecule has 3 saturated carbocycles. The molecule has 1 heteroatoms. The van der Waals surface area contributed by atoms with Crippen LogP contribution in [0.1, 0.15) is 30.4 Å². The standard InChI is InChI=1S/C13H17N/c1-10-4-2-3-5-11(10)13-6-12(7-13,8-13)9-14/h2-5H,6-9,14H2,1H3. The second-order valence-electron chi connectivity index (χ2n) is 5.33. The summed E-state index contributed by atoms with van der Waals surface area (Å²) < 4.78 is 0. The molecule has 0 spiro atoms. The lowest BCUT2D eigenvalue weighted by Gasteiger charge is -2.71. The molecule has 74 valence electrons. The minimum absolute atomic E-state index is 0.532. The van der Waals surface area contributed by atoms with Gasteiger partial charge in [0, 0.05) is 0 Å². The van der Waals surface area contributed by atoms with Gasteiger partial charge in [0.1, 0.15) is 0 Å². The van der Waals surface area contributed by atoms with Crippen molar-refractivity contribution in [2.24, 2.45) is 11.1 Å². The predicted molar refractivity (Wildman–Crippen MR) is 58.2 cm³/mol. The second-order valence-corrected chi connectivity index (χ2v) is 5.33.